The quantitative estimate of drug-likeness (QED) is 0.827. The lowest BCUT2D eigenvalue weighted by molar-refractivity contribution is -0.153. The zero-order chi connectivity index (χ0) is 14.2. The number of nitrogens with zero attached hydrogens (tertiary/aromatic N) is 1. The van der Waals surface area contributed by atoms with Crippen LogP contribution in [0.4, 0.5) is 0 Å². The number of rotatable bonds is 2. The Bertz CT molecular complexity index is 404. The fourth-order valence-electron chi connectivity index (χ4n) is 4.09. The van der Waals surface area contributed by atoms with Gasteiger partial charge in [0, 0.05) is 13.2 Å². The third kappa shape index (κ3) is 2.32. The number of hydrogen-bond donors (Lipinski definition) is 1. The number of nitrogens with one attached hydrogen (secondary N) is 1. The van der Waals surface area contributed by atoms with Crippen LogP contribution in [-0.2, 0) is 14.3 Å². The molecule has 1 N–H and O–H groups in total. The normalized spacial score (nSPS) is 33.5. The first kappa shape index (κ1) is 13.9. The van der Waals surface area contributed by atoms with Crippen molar-refractivity contribution in [2.45, 2.75) is 69.1 Å². The van der Waals surface area contributed by atoms with Crippen molar-refractivity contribution < 1.29 is 14.3 Å². The largest absolute Gasteiger partial charge is 0.381 e. The van der Waals surface area contributed by atoms with Gasteiger partial charge in [-0.3, -0.25) is 9.59 Å². The Morgan fingerprint density at radius 1 is 1.20 bits per heavy atom. The van der Waals surface area contributed by atoms with Crippen LogP contribution in [-0.4, -0.2) is 48.1 Å². The first-order chi connectivity index (χ1) is 9.64. The topological polar surface area (TPSA) is 58.6 Å². The highest BCUT2D eigenvalue weighted by atomic mass is 16.5. The molecule has 20 heavy (non-hydrogen) atoms. The molecule has 1 aliphatic heterocycles. The lowest BCUT2D eigenvalue weighted by Gasteiger charge is -2.45. The van der Waals surface area contributed by atoms with Gasteiger partial charge in [0.25, 0.3) is 0 Å². The second-order valence-corrected chi connectivity index (χ2v) is 6.45. The van der Waals surface area contributed by atoms with Crippen molar-refractivity contribution in [2.75, 3.05) is 13.7 Å². The molecule has 112 valence electrons. The maximum absolute atomic E-state index is 12.9. The molecular formula is C15H24N2O3. The minimum atomic E-state index is -0.588. The Labute approximate surface area is 120 Å². The van der Waals surface area contributed by atoms with E-state index in [4.69, 9.17) is 4.74 Å². The number of methoxy groups -OCH3 is 1. The molecule has 2 atom stereocenters. The lowest BCUT2D eigenvalue weighted by Crippen LogP contribution is -2.67. The van der Waals surface area contributed by atoms with Crippen molar-refractivity contribution in [1.29, 1.82) is 0 Å². The van der Waals surface area contributed by atoms with Gasteiger partial charge in [-0.25, -0.2) is 0 Å². The zero-order valence-corrected chi connectivity index (χ0v) is 12.2. The Balaban J connectivity index is 1.77. The summed E-state index contributed by atoms with van der Waals surface area (Å²) < 4.78 is 5.45. The van der Waals surface area contributed by atoms with Crippen LogP contribution in [0.5, 0.6) is 0 Å². The summed E-state index contributed by atoms with van der Waals surface area (Å²) in [5.74, 6) is 0.155. The Morgan fingerprint density at radius 3 is 2.65 bits per heavy atom. The van der Waals surface area contributed by atoms with Crippen molar-refractivity contribution in [3.05, 3.63) is 0 Å². The van der Waals surface area contributed by atoms with Crippen LogP contribution >= 0.6 is 0 Å². The monoisotopic (exact) mass is 280 g/mol. The highest BCUT2D eigenvalue weighted by Gasteiger charge is 2.50. The highest BCUT2D eigenvalue weighted by Crippen LogP contribution is 2.36. The van der Waals surface area contributed by atoms with Crippen molar-refractivity contribution in [2.24, 2.45) is 0 Å². The van der Waals surface area contributed by atoms with E-state index in [1.54, 1.807) is 7.11 Å². The molecule has 0 bridgehead atoms. The molecule has 3 fully saturated rings. The third-order valence-corrected chi connectivity index (χ3v) is 5.19. The molecule has 1 spiro atoms. The molecular weight excluding hydrogens is 256 g/mol. The molecule has 2 aliphatic carbocycles. The van der Waals surface area contributed by atoms with Crippen LogP contribution < -0.4 is 5.32 Å². The second kappa shape index (κ2) is 5.35. The minimum absolute atomic E-state index is 0.00559. The van der Waals surface area contributed by atoms with E-state index in [9.17, 15) is 9.59 Å². The smallest absolute Gasteiger partial charge is 0.249 e. The van der Waals surface area contributed by atoms with Crippen molar-refractivity contribution in [3.8, 4) is 0 Å². The molecule has 1 saturated heterocycles. The molecule has 0 radical (unpaired) electrons. The van der Waals surface area contributed by atoms with Gasteiger partial charge in [-0.15, -0.1) is 0 Å². The summed E-state index contributed by atoms with van der Waals surface area (Å²) in [5.41, 5.74) is -0.588. The minimum Gasteiger partial charge on any atom is -0.381 e. The fourth-order valence-corrected chi connectivity index (χ4v) is 4.09. The average Bonchev–Trinajstić information content (AvgIpc) is 2.92. The van der Waals surface area contributed by atoms with Gasteiger partial charge in [0.15, 0.2) is 0 Å². The number of carbonyl (C=O) groups is 2. The van der Waals surface area contributed by atoms with Crippen molar-refractivity contribution in [3.63, 3.8) is 0 Å². The Morgan fingerprint density at radius 2 is 1.95 bits per heavy atom. The summed E-state index contributed by atoms with van der Waals surface area (Å²) in [6.45, 7) is 0.224. The van der Waals surface area contributed by atoms with Crippen molar-refractivity contribution in [1.82, 2.24) is 10.2 Å². The van der Waals surface area contributed by atoms with Crippen LogP contribution in [0.3, 0.4) is 0 Å². The maximum Gasteiger partial charge on any atom is 0.249 e. The first-order valence-electron chi connectivity index (χ1n) is 7.79. The maximum atomic E-state index is 12.9. The summed E-state index contributed by atoms with van der Waals surface area (Å²) in [6, 6.07) is 0.171. The van der Waals surface area contributed by atoms with Gasteiger partial charge >= 0.3 is 0 Å². The second-order valence-electron chi connectivity index (χ2n) is 6.45. The van der Waals surface area contributed by atoms with Crippen molar-refractivity contribution >= 4 is 11.8 Å². The summed E-state index contributed by atoms with van der Waals surface area (Å²) in [6.07, 6.45) is 7.89. The third-order valence-electron chi connectivity index (χ3n) is 5.19. The van der Waals surface area contributed by atoms with E-state index < -0.39 is 5.54 Å². The molecule has 2 amide bonds. The average molecular weight is 280 g/mol. The van der Waals surface area contributed by atoms with Crippen LogP contribution in [0.1, 0.15) is 51.4 Å². The number of ether oxygens (including phenoxy) is 1. The van der Waals surface area contributed by atoms with E-state index in [1.807, 2.05) is 4.90 Å². The number of hydrogen-bond acceptors (Lipinski definition) is 3. The summed E-state index contributed by atoms with van der Waals surface area (Å²) in [5, 5.41) is 2.97. The number of carbonyl (C=O) groups excluding carboxylic acids is 2. The number of piperazine rings is 1. The molecule has 1 heterocycles. The van der Waals surface area contributed by atoms with E-state index in [-0.39, 0.29) is 30.5 Å². The molecule has 0 aromatic rings. The van der Waals surface area contributed by atoms with Crippen LogP contribution in [0.2, 0.25) is 0 Å². The first-order valence-corrected chi connectivity index (χ1v) is 7.79. The summed E-state index contributed by atoms with van der Waals surface area (Å²) in [4.78, 5) is 26.7. The zero-order valence-electron chi connectivity index (χ0n) is 12.2. The lowest BCUT2D eigenvalue weighted by atomic mass is 9.87. The molecule has 5 nitrogen and oxygen atoms in total. The molecule has 3 aliphatic rings. The van der Waals surface area contributed by atoms with Gasteiger partial charge in [-0.1, -0.05) is 12.8 Å². The van der Waals surface area contributed by atoms with Crippen LogP contribution in [0.25, 0.3) is 0 Å². The van der Waals surface area contributed by atoms with Gasteiger partial charge in [-0.05, 0) is 38.5 Å². The van der Waals surface area contributed by atoms with Crippen LogP contribution in [0, 0.1) is 0 Å². The molecule has 2 unspecified atom stereocenters. The number of amides is 2. The molecule has 3 rings (SSSR count). The SMILES string of the molecule is COC1CCCC(N2CC(=O)NC3(CCCC3)C2=O)C1. The summed E-state index contributed by atoms with van der Waals surface area (Å²) >= 11 is 0. The Hall–Kier alpha value is -1.10. The molecule has 0 aromatic heterocycles. The predicted molar refractivity (Wildman–Crippen MR) is 74.1 cm³/mol. The van der Waals surface area contributed by atoms with E-state index in [2.05, 4.69) is 5.32 Å². The molecule has 2 saturated carbocycles. The van der Waals surface area contributed by atoms with Gasteiger partial charge in [0.05, 0.1) is 12.6 Å². The molecule has 0 aromatic carbocycles. The van der Waals surface area contributed by atoms with Gasteiger partial charge in [-0.2, -0.15) is 0 Å². The van der Waals surface area contributed by atoms with Gasteiger partial charge in [0.2, 0.25) is 11.8 Å². The Kier molecular flexibility index (Phi) is 3.71. The van der Waals surface area contributed by atoms with Gasteiger partial charge < -0.3 is 15.0 Å². The summed E-state index contributed by atoms with van der Waals surface area (Å²) in [7, 11) is 1.73. The van der Waals surface area contributed by atoms with E-state index >= 15 is 0 Å². The van der Waals surface area contributed by atoms with E-state index in [1.165, 1.54) is 0 Å². The van der Waals surface area contributed by atoms with E-state index in [0.29, 0.717) is 0 Å². The van der Waals surface area contributed by atoms with Crippen LogP contribution in [0.15, 0.2) is 0 Å². The standard InChI is InChI=1S/C15H24N2O3/c1-20-12-6-4-5-11(9-12)17-10-13(18)16-15(14(17)19)7-2-3-8-15/h11-12H,2-10H2,1H3,(H,16,18). The fraction of sp³-hybridized carbons (Fsp3) is 0.867. The molecule has 5 heteroatoms. The van der Waals surface area contributed by atoms with E-state index in [0.717, 1.165) is 51.4 Å². The predicted octanol–water partition coefficient (Wildman–Crippen LogP) is 1.22. The highest BCUT2D eigenvalue weighted by molar-refractivity contribution is 5.98. The van der Waals surface area contributed by atoms with Gasteiger partial charge in [0.1, 0.15) is 5.54 Å².